The van der Waals surface area contributed by atoms with Gasteiger partial charge in [-0.3, -0.25) is 0 Å². The van der Waals surface area contributed by atoms with Gasteiger partial charge in [-0.25, -0.2) is 4.98 Å². The van der Waals surface area contributed by atoms with E-state index in [1.165, 1.54) is 49.2 Å². The van der Waals surface area contributed by atoms with Crippen LogP contribution >= 0.6 is 11.3 Å². The maximum Gasteiger partial charge on any atom is 0.107 e. The second-order valence-corrected chi connectivity index (χ2v) is 8.80. The lowest BCUT2D eigenvalue weighted by Gasteiger charge is -2.56. The van der Waals surface area contributed by atoms with Gasteiger partial charge in [0.25, 0.3) is 0 Å². The Morgan fingerprint density at radius 2 is 1.80 bits per heavy atom. The van der Waals surface area contributed by atoms with Crippen molar-refractivity contribution in [2.75, 3.05) is 0 Å². The molecule has 4 fully saturated rings. The molecule has 0 atom stereocenters. The van der Waals surface area contributed by atoms with E-state index in [2.05, 4.69) is 24.5 Å². The van der Waals surface area contributed by atoms with Gasteiger partial charge in [0.2, 0.25) is 0 Å². The van der Waals surface area contributed by atoms with Crippen molar-refractivity contribution in [1.82, 2.24) is 10.3 Å². The lowest BCUT2D eigenvalue weighted by molar-refractivity contribution is -0.00698. The minimum absolute atomic E-state index is 0.474. The van der Waals surface area contributed by atoms with Crippen LogP contribution in [-0.2, 0) is 12.0 Å². The van der Waals surface area contributed by atoms with Gasteiger partial charge in [-0.1, -0.05) is 13.8 Å². The van der Waals surface area contributed by atoms with Gasteiger partial charge in [0.05, 0.1) is 5.69 Å². The van der Waals surface area contributed by atoms with Gasteiger partial charge in [-0.05, 0) is 56.3 Å². The van der Waals surface area contributed by atoms with Gasteiger partial charge in [0.15, 0.2) is 0 Å². The van der Waals surface area contributed by atoms with Crippen molar-refractivity contribution in [1.29, 1.82) is 0 Å². The first-order valence-corrected chi connectivity index (χ1v) is 9.19. The van der Waals surface area contributed by atoms with Crippen molar-refractivity contribution < 1.29 is 0 Å². The fourth-order valence-corrected chi connectivity index (χ4v) is 6.22. The maximum absolute atomic E-state index is 5.03. The van der Waals surface area contributed by atoms with E-state index in [1.54, 1.807) is 0 Å². The summed E-state index contributed by atoms with van der Waals surface area (Å²) in [6, 6.07) is 0.543. The van der Waals surface area contributed by atoms with E-state index >= 15 is 0 Å². The van der Waals surface area contributed by atoms with Crippen molar-refractivity contribution in [2.45, 2.75) is 70.4 Å². The highest BCUT2D eigenvalue weighted by Gasteiger charge is 2.52. The first-order chi connectivity index (χ1) is 9.63. The summed E-state index contributed by atoms with van der Waals surface area (Å²) in [7, 11) is 0. The van der Waals surface area contributed by atoms with Gasteiger partial charge in [-0.15, -0.1) is 11.3 Å². The third-order valence-corrected chi connectivity index (χ3v) is 6.64. The molecule has 4 aliphatic rings. The summed E-state index contributed by atoms with van der Waals surface area (Å²) in [5, 5.41) is 7.16. The first kappa shape index (κ1) is 13.3. The van der Waals surface area contributed by atoms with Crippen molar-refractivity contribution in [3.8, 4) is 0 Å². The molecule has 3 heteroatoms. The molecular formula is C17H26N2S. The number of hydrogen-bond acceptors (Lipinski definition) is 3. The van der Waals surface area contributed by atoms with Crippen LogP contribution in [-0.4, -0.2) is 11.0 Å². The predicted octanol–water partition coefficient (Wildman–Crippen LogP) is 4.11. The molecule has 0 unspecified atom stereocenters. The third kappa shape index (κ3) is 2.23. The van der Waals surface area contributed by atoms with Gasteiger partial charge in [-0.2, -0.15) is 0 Å². The van der Waals surface area contributed by atoms with E-state index < -0.39 is 0 Å². The molecule has 0 aromatic carbocycles. The standard InChI is InChI=1S/C17H26N2S/c1-11(2)18-9-16-19-15(10-20-16)17-6-12-3-13(7-17)5-14(4-12)8-17/h10-14,18H,3-9H2,1-2H3. The zero-order chi connectivity index (χ0) is 13.7. The van der Waals surface area contributed by atoms with Gasteiger partial charge in [0, 0.05) is 23.4 Å². The van der Waals surface area contributed by atoms with Crippen molar-refractivity contribution in [3.63, 3.8) is 0 Å². The van der Waals surface area contributed by atoms with E-state index in [-0.39, 0.29) is 0 Å². The molecule has 5 rings (SSSR count). The number of nitrogens with one attached hydrogen (secondary N) is 1. The molecule has 1 heterocycles. The Balaban J connectivity index is 1.55. The highest BCUT2D eigenvalue weighted by atomic mass is 32.1. The predicted molar refractivity (Wildman–Crippen MR) is 83.9 cm³/mol. The van der Waals surface area contributed by atoms with Gasteiger partial charge < -0.3 is 5.32 Å². The third-order valence-electron chi connectivity index (χ3n) is 5.79. The second kappa shape index (κ2) is 4.81. The van der Waals surface area contributed by atoms with Crippen LogP contribution in [0.25, 0.3) is 0 Å². The molecule has 1 aromatic heterocycles. The summed E-state index contributed by atoms with van der Waals surface area (Å²) in [6.45, 7) is 5.34. The van der Waals surface area contributed by atoms with Crippen LogP contribution in [0.15, 0.2) is 5.38 Å². The summed E-state index contributed by atoms with van der Waals surface area (Å²) in [5.41, 5.74) is 1.92. The number of nitrogens with zero attached hydrogens (tertiary/aromatic N) is 1. The molecule has 0 saturated heterocycles. The van der Waals surface area contributed by atoms with E-state index in [1.807, 2.05) is 11.3 Å². The van der Waals surface area contributed by atoms with Crippen molar-refractivity contribution in [3.05, 3.63) is 16.1 Å². The Hall–Kier alpha value is -0.410. The van der Waals surface area contributed by atoms with Crippen LogP contribution in [0.2, 0.25) is 0 Å². The fraction of sp³-hybridized carbons (Fsp3) is 0.824. The summed E-state index contributed by atoms with van der Waals surface area (Å²) in [4.78, 5) is 5.03. The van der Waals surface area contributed by atoms with E-state index in [4.69, 9.17) is 4.98 Å². The van der Waals surface area contributed by atoms with E-state index in [0.29, 0.717) is 11.5 Å². The monoisotopic (exact) mass is 290 g/mol. The Labute approximate surface area is 126 Å². The smallest absolute Gasteiger partial charge is 0.107 e. The van der Waals surface area contributed by atoms with Crippen LogP contribution in [0.5, 0.6) is 0 Å². The molecule has 4 bridgehead atoms. The molecular weight excluding hydrogens is 264 g/mol. The zero-order valence-electron chi connectivity index (χ0n) is 12.7. The SMILES string of the molecule is CC(C)NCc1nc(C23CC4CC(CC(C4)C2)C3)cs1. The molecule has 1 N–H and O–H groups in total. The summed E-state index contributed by atoms with van der Waals surface area (Å²) < 4.78 is 0. The Kier molecular flexibility index (Phi) is 3.19. The number of aromatic nitrogens is 1. The van der Waals surface area contributed by atoms with Crippen molar-refractivity contribution in [2.24, 2.45) is 17.8 Å². The molecule has 0 spiro atoms. The topological polar surface area (TPSA) is 24.9 Å². The molecule has 4 aliphatic carbocycles. The van der Waals surface area contributed by atoms with Crippen LogP contribution in [0.4, 0.5) is 0 Å². The van der Waals surface area contributed by atoms with Crippen molar-refractivity contribution >= 4 is 11.3 Å². The lowest BCUT2D eigenvalue weighted by atomic mass is 9.49. The maximum atomic E-state index is 5.03. The molecule has 1 aromatic rings. The highest BCUT2D eigenvalue weighted by Crippen LogP contribution is 2.60. The fourth-order valence-electron chi connectivity index (χ4n) is 5.35. The summed E-state index contributed by atoms with van der Waals surface area (Å²) in [5.74, 6) is 3.04. The average molecular weight is 290 g/mol. The van der Waals surface area contributed by atoms with Gasteiger partial charge >= 0.3 is 0 Å². The molecule has 110 valence electrons. The van der Waals surface area contributed by atoms with E-state index in [9.17, 15) is 0 Å². The van der Waals surface area contributed by atoms with Crippen LogP contribution < -0.4 is 5.32 Å². The minimum atomic E-state index is 0.474. The minimum Gasteiger partial charge on any atom is -0.308 e. The molecule has 0 amide bonds. The Bertz CT molecular complexity index is 456. The summed E-state index contributed by atoms with van der Waals surface area (Å²) in [6.07, 6.45) is 8.85. The quantitative estimate of drug-likeness (QED) is 0.902. The second-order valence-electron chi connectivity index (χ2n) is 7.86. The first-order valence-electron chi connectivity index (χ1n) is 8.31. The lowest BCUT2D eigenvalue weighted by Crippen LogP contribution is -2.48. The molecule has 0 aliphatic heterocycles. The normalized spacial score (nSPS) is 38.9. The molecule has 4 saturated carbocycles. The largest absolute Gasteiger partial charge is 0.308 e. The molecule has 0 radical (unpaired) electrons. The van der Waals surface area contributed by atoms with Crippen LogP contribution in [0, 0.1) is 17.8 Å². The molecule has 20 heavy (non-hydrogen) atoms. The highest BCUT2D eigenvalue weighted by molar-refractivity contribution is 7.09. The van der Waals surface area contributed by atoms with Crippen LogP contribution in [0.3, 0.4) is 0 Å². The number of rotatable bonds is 4. The van der Waals surface area contributed by atoms with Crippen LogP contribution in [0.1, 0.15) is 63.1 Å². The van der Waals surface area contributed by atoms with Gasteiger partial charge in [0.1, 0.15) is 5.01 Å². The molecule has 2 nitrogen and oxygen atoms in total. The number of hydrogen-bond donors (Lipinski definition) is 1. The summed E-state index contributed by atoms with van der Waals surface area (Å²) >= 11 is 1.87. The zero-order valence-corrected chi connectivity index (χ0v) is 13.5. The number of thiazole rings is 1. The Morgan fingerprint density at radius 1 is 1.20 bits per heavy atom. The van der Waals surface area contributed by atoms with E-state index in [0.717, 1.165) is 24.3 Å². The average Bonchev–Trinajstić information content (AvgIpc) is 2.84. The Morgan fingerprint density at radius 3 is 2.35 bits per heavy atom.